The average Bonchev–Trinajstić information content (AvgIpc) is 3.18. The SMILES string of the molecule is C=C(CCC(=O)c1cc(-c2c[nH]c3ccccc23)cs1)NC. The molecule has 0 aliphatic heterocycles. The van der Waals surface area contributed by atoms with E-state index in [0.717, 1.165) is 27.2 Å². The first-order valence-corrected chi connectivity index (χ1v) is 8.10. The maximum absolute atomic E-state index is 12.2. The summed E-state index contributed by atoms with van der Waals surface area (Å²) < 4.78 is 0. The quantitative estimate of drug-likeness (QED) is 0.654. The summed E-state index contributed by atoms with van der Waals surface area (Å²) >= 11 is 1.51. The van der Waals surface area contributed by atoms with E-state index in [0.29, 0.717) is 12.8 Å². The molecular weight excluding hydrogens is 292 g/mol. The number of thiophene rings is 1. The summed E-state index contributed by atoms with van der Waals surface area (Å²) in [6.45, 7) is 3.85. The molecule has 0 aliphatic rings. The van der Waals surface area contributed by atoms with Crippen LogP contribution in [0.5, 0.6) is 0 Å². The maximum Gasteiger partial charge on any atom is 0.173 e. The molecule has 112 valence electrons. The Balaban J connectivity index is 1.82. The summed E-state index contributed by atoms with van der Waals surface area (Å²) in [6, 6.07) is 10.2. The number of allylic oxidation sites excluding steroid dienone is 1. The van der Waals surface area contributed by atoms with Crippen molar-refractivity contribution in [3.05, 3.63) is 59.1 Å². The molecule has 0 amide bonds. The number of hydrogen-bond donors (Lipinski definition) is 2. The van der Waals surface area contributed by atoms with Gasteiger partial charge >= 0.3 is 0 Å². The topological polar surface area (TPSA) is 44.9 Å². The van der Waals surface area contributed by atoms with Crippen LogP contribution in [0.2, 0.25) is 0 Å². The molecule has 0 unspecified atom stereocenters. The van der Waals surface area contributed by atoms with Crippen molar-refractivity contribution >= 4 is 28.0 Å². The molecule has 0 saturated carbocycles. The van der Waals surface area contributed by atoms with Gasteiger partial charge in [-0.1, -0.05) is 24.8 Å². The number of fused-ring (bicyclic) bond motifs is 1. The van der Waals surface area contributed by atoms with E-state index in [1.807, 2.05) is 31.4 Å². The zero-order valence-electron chi connectivity index (χ0n) is 12.5. The van der Waals surface area contributed by atoms with Crippen molar-refractivity contribution in [3.63, 3.8) is 0 Å². The molecule has 0 bridgehead atoms. The maximum atomic E-state index is 12.2. The highest BCUT2D eigenvalue weighted by molar-refractivity contribution is 7.12. The molecule has 4 heteroatoms. The predicted octanol–water partition coefficient (Wildman–Crippen LogP) is 4.59. The lowest BCUT2D eigenvalue weighted by Crippen LogP contribution is -2.06. The van der Waals surface area contributed by atoms with Crippen molar-refractivity contribution < 1.29 is 4.79 Å². The molecule has 2 heterocycles. The van der Waals surface area contributed by atoms with Gasteiger partial charge in [-0.15, -0.1) is 11.3 Å². The van der Waals surface area contributed by atoms with Crippen molar-refractivity contribution in [2.75, 3.05) is 7.05 Å². The summed E-state index contributed by atoms with van der Waals surface area (Å²) in [5, 5.41) is 6.21. The molecule has 0 spiro atoms. The van der Waals surface area contributed by atoms with Crippen LogP contribution in [0.15, 0.2) is 54.2 Å². The van der Waals surface area contributed by atoms with E-state index >= 15 is 0 Å². The van der Waals surface area contributed by atoms with E-state index in [1.165, 1.54) is 16.7 Å². The molecule has 22 heavy (non-hydrogen) atoms. The van der Waals surface area contributed by atoms with Gasteiger partial charge in [0.05, 0.1) is 4.88 Å². The van der Waals surface area contributed by atoms with Gasteiger partial charge in [0.1, 0.15) is 0 Å². The Morgan fingerprint density at radius 3 is 2.95 bits per heavy atom. The fourth-order valence-corrected chi connectivity index (χ4v) is 3.32. The number of hydrogen-bond acceptors (Lipinski definition) is 3. The molecule has 3 rings (SSSR count). The van der Waals surface area contributed by atoms with E-state index < -0.39 is 0 Å². The Bertz CT molecular complexity index is 828. The number of aromatic amines is 1. The molecule has 2 N–H and O–H groups in total. The highest BCUT2D eigenvalue weighted by Gasteiger charge is 2.12. The Morgan fingerprint density at radius 1 is 1.32 bits per heavy atom. The van der Waals surface area contributed by atoms with E-state index in [9.17, 15) is 4.79 Å². The number of aromatic nitrogens is 1. The summed E-state index contributed by atoms with van der Waals surface area (Å²) in [6.07, 6.45) is 3.17. The molecule has 0 atom stereocenters. The molecule has 3 aromatic rings. The molecule has 3 nitrogen and oxygen atoms in total. The van der Waals surface area contributed by atoms with Gasteiger partial charge in [-0.25, -0.2) is 0 Å². The van der Waals surface area contributed by atoms with Gasteiger partial charge in [-0.05, 0) is 29.5 Å². The molecule has 2 aromatic heterocycles. The minimum atomic E-state index is 0.174. The van der Waals surface area contributed by atoms with Gasteiger partial charge in [0, 0.05) is 41.8 Å². The first kappa shape index (κ1) is 14.6. The summed E-state index contributed by atoms with van der Waals surface area (Å²) in [7, 11) is 1.83. The van der Waals surface area contributed by atoms with Gasteiger partial charge < -0.3 is 10.3 Å². The third-order valence-electron chi connectivity index (χ3n) is 3.78. The van der Waals surface area contributed by atoms with E-state index in [-0.39, 0.29) is 5.78 Å². The first-order chi connectivity index (χ1) is 10.7. The van der Waals surface area contributed by atoms with Crippen LogP contribution in [-0.4, -0.2) is 17.8 Å². The van der Waals surface area contributed by atoms with Gasteiger partial charge in [0.15, 0.2) is 5.78 Å². The second-order valence-electron chi connectivity index (χ2n) is 5.22. The molecule has 0 aliphatic carbocycles. The number of nitrogens with one attached hydrogen (secondary N) is 2. The van der Waals surface area contributed by atoms with Crippen LogP contribution in [0.25, 0.3) is 22.0 Å². The fraction of sp³-hybridized carbons (Fsp3) is 0.167. The zero-order valence-corrected chi connectivity index (χ0v) is 13.3. The lowest BCUT2D eigenvalue weighted by atomic mass is 10.1. The Kier molecular flexibility index (Phi) is 4.11. The van der Waals surface area contributed by atoms with Crippen molar-refractivity contribution in [1.82, 2.24) is 10.3 Å². The zero-order chi connectivity index (χ0) is 15.5. The van der Waals surface area contributed by atoms with Crippen LogP contribution in [-0.2, 0) is 0 Å². The van der Waals surface area contributed by atoms with E-state index in [2.05, 4.69) is 34.4 Å². The van der Waals surface area contributed by atoms with Crippen molar-refractivity contribution in [3.8, 4) is 11.1 Å². The molecule has 0 saturated heterocycles. The van der Waals surface area contributed by atoms with Gasteiger partial charge in [-0.3, -0.25) is 4.79 Å². The number of carbonyl (C=O) groups is 1. The van der Waals surface area contributed by atoms with Crippen molar-refractivity contribution in [1.29, 1.82) is 0 Å². The van der Waals surface area contributed by atoms with Crippen LogP contribution < -0.4 is 5.32 Å². The smallest absolute Gasteiger partial charge is 0.173 e. The minimum absolute atomic E-state index is 0.174. The largest absolute Gasteiger partial charge is 0.392 e. The van der Waals surface area contributed by atoms with Crippen molar-refractivity contribution in [2.45, 2.75) is 12.8 Å². The Hall–Kier alpha value is -2.33. The lowest BCUT2D eigenvalue weighted by Gasteiger charge is -2.02. The van der Waals surface area contributed by atoms with Crippen LogP contribution in [0, 0.1) is 0 Å². The first-order valence-electron chi connectivity index (χ1n) is 7.23. The van der Waals surface area contributed by atoms with Crippen LogP contribution >= 0.6 is 11.3 Å². The van der Waals surface area contributed by atoms with Crippen LogP contribution in [0.1, 0.15) is 22.5 Å². The molecule has 0 radical (unpaired) electrons. The number of rotatable bonds is 6. The van der Waals surface area contributed by atoms with Crippen LogP contribution in [0.4, 0.5) is 0 Å². The summed E-state index contributed by atoms with van der Waals surface area (Å²) in [5.74, 6) is 0.174. The monoisotopic (exact) mass is 310 g/mol. The number of carbonyl (C=O) groups excluding carboxylic acids is 1. The third kappa shape index (κ3) is 2.83. The van der Waals surface area contributed by atoms with Gasteiger partial charge in [0.25, 0.3) is 0 Å². The standard InChI is InChI=1S/C18H18N2OS/c1-12(19-2)7-8-17(21)18-9-13(11-22-18)15-10-20-16-6-4-3-5-14(15)16/h3-6,9-11,19-20H,1,7-8H2,2H3. The van der Waals surface area contributed by atoms with E-state index in [1.54, 1.807) is 0 Å². The Labute approximate surface area is 133 Å². The normalized spacial score (nSPS) is 10.8. The molecular formula is C18H18N2OS. The van der Waals surface area contributed by atoms with Gasteiger partial charge in [-0.2, -0.15) is 0 Å². The predicted molar refractivity (Wildman–Crippen MR) is 93.4 cm³/mol. The van der Waals surface area contributed by atoms with Crippen LogP contribution in [0.3, 0.4) is 0 Å². The number of H-pyrrole nitrogens is 1. The average molecular weight is 310 g/mol. The van der Waals surface area contributed by atoms with Gasteiger partial charge in [0.2, 0.25) is 0 Å². The highest BCUT2D eigenvalue weighted by Crippen LogP contribution is 2.32. The second-order valence-corrected chi connectivity index (χ2v) is 6.14. The second kappa shape index (κ2) is 6.20. The molecule has 0 fully saturated rings. The van der Waals surface area contributed by atoms with Crippen molar-refractivity contribution in [2.24, 2.45) is 0 Å². The van der Waals surface area contributed by atoms with E-state index in [4.69, 9.17) is 0 Å². The minimum Gasteiger partial charge on any atom is -0.392 e. The number of Topliss-reactive ketones (excluding diaryl/α,β-unsaturated/α-hetero) is 1. The number of ketones is 1. The lowest BCUT2D eigenvalue weighted by molar-refractivity contribution is 0.0986. The number of para-hydroxylation sites is 1. The fourth-order valence-electron chi connectivity index (χ4n) is 2.45. The highest BCUT2D eigenvalue weighted by atomic mass is 32.1. The Morgan fingerprint density at radius 2 is 2.14 bits per heavy atom. The summed E-state index contributed by atoms with van der Waals surface area (Å²) in [5.41, 5.74) is 4.24. The molecule has 1 aromatic carbocycles. The third-order valence-corrected chi connectivity index (χ3v) is 4.75. The number of benzene rings is 1. The summed E-state index contributed by atoms with van der Waals surface area (Å²) in [4.78, 5) is 16.3.